The minimum absolute atomic E-state index is 0.258. The molecule has 0 aliphatic carbocycles. The van der Waals surface area contributed by atoms with Gasteiger partial charge in [-0.05, 0) is 32.0 Å². The van der Waals surface area contributed by atoms with Gasteiger partial charge in [-0.3, -0.25) is 0 Å². The molecule has 0 unspecified atom stereocenters. The van der Waals surface area contributed by atoms with Crippen molar-refractivity contribution < 1.29 is 4.39 Å². The van der Waals surface area contributed by atoms with Crippen LogP contribution in [0.25, 0.3) is 10.9 Å². The van der Waals surface area contributed by atoms with Crippen LogP contribution in [0.5, 0.6) is 0 Å². The van der Waals surface area contributed by atoms with Crippen LogP contribution in [0.2, 0.25) is 0 Å². The second-order valence-corrected chi connectivity index (χ2v) is 7.15. The normalized spacial score (nSPS) is 15.3. The Morgan fingerprint density at radius 2 is 1.79 bits per heavy atom. The van der Waals surface area contributed by atoms with Gasteiger partial charge in [0.2, 0.25) is 0 Å². The number of aryl methyl sites for hydroxylation is 2. The van der Waals surface area contributed by atoms with Gasteiger partial charge < -0.3 is 9.80 Å². The minimum atomic E-state index is -0.258. The molecule has 5 nitrogen and oxygen atoms in total. The van der Waals surface area contributed by atoms with E-state index in [0.717, 1.165) is 53.7 Å². The first-order valence-corrected chi connectivity index (χ1v) is 8.77. The Kier molecular flexibility index (Phi) is 3.80. The van der Waals surface area contributed by atoms with E-state index in [1.165, 1.54) is 17.0 Å². The summed E-state index contributed by atoms with van der Waals surface area (Å²) in [7, 11) is 0. The number of benzene rings is 1. The summed E-state index contributed by atoms with van der Waals surface area (Å²) in [5.41, 5.74) is 1.88. The van der Waals surface area contributed by atoms with Gasteiger partial charge in [0.15, 0.2) is 5.13 Å². The molecule has 0 radical (unpaired) electrons. The van der Waals surface area contributed by atoms with Crippen molar-refractivity contribution in [1.29, 1.82) is 0 Å². The number of anilines is 2. The van der Waals surface area contributed by atoms with Gasteiger partial charge >= 0.3 is 0 Å². The predicted molar refractivity (Wildman–Crippen MR) is 95.5 cm³/mol. The number of aromatic nitrogens is 3. The molecular formula is C17H18FN5S. The Balaban J connectivity index is 1.57. The molecule has 124 valence electrons. The number of halogens is 1. The van der Waals surface area contributed by atoms with Crippen molar-refractivity contribution in [3.05, 3.63) is 40.9 Å². The maximum atomic E-state index is 13.6. The highest BCUT2D eigenvalue weighted by Crippen LogP contribution is 2.28. The van der Waals surface area contributed by atoms with E-state index in [-0.39, 0.29) is 5.82 Å². The van der Waals surface area contributed by atoms with Crippen LogP contribution < -0.4 is 9.80 Å². The molecule has 0 bridgehead atoms. The van der Waals surface area contributed by atoms with Crippen molar-refractivity contribution in [2.45, 2.75) is 13.8 Å². The molecule has 1 aliphatic rings. The molecule has 1 fully saturated rings. The van der Waals surface area contributed by atoms with Crippen LogP contribution in [-0.2, 0) is 0 Å². The fourth-order valence-electron chi connectivity index (χ4n) is 2.97. The Bertz CT molecular complexity index is 866. The van der Waals surface area contributed by atoms with Gasteiger partial charge in [-0.1, -0.05) is 0 Å². The first kappa shape index (κ1) is 15.3. The summed E-state index contributed by atoms with van der Waals surface area (Å²) in [6, 6.07) is 4.65. The Morgan fingerprint density at radius 3 is 2.50 bits per heavy atom. The van der Waals surface area contributed by atoms with E-state index in [1.54, 1.807) is 23.7 Å². The molecular weight excluding hydrogens is 325 g/mol. The van der Waals surface area contributed by atoms with Gasteiger partial charge in [-0.25, -0.2) is 19.3 Å². The van der Waals surface area contributed by atoms with Crippen LogP contribution >= 0.6 is 11.3 Å². The number of nitrogens with zero attached hydrogens (tertiary/aromatic N) is 5. The minimum Gasteiger partial charge on any atom is -0.352 e. The van der Waals surface area contributed by atoms with Gasteiger partial charge in [0.1, 0.15) is 18.0 Å². The zero-order chi connectivity index (χ0) is 16.7. The Labute approximate surface area is 143 Å². The van der Waals surface area contributed by atoms with Gasteiger partial charge in [-0.15, -0.1) is 11.3 Å². The maximum absolute atomic E-state index is 13.6. The average molecular weight is 343 g/mol. The van der Waals surface area contributed by atoms with Gasteiger partial charge in [0, 0.05) is 36.4 Å². The lowest BCUT2D eigenvalue weighted by atomic mass is 10.2. The lowest BCUT2D eigenvalue weighted by Gasteiger charge is -2.35. The second-order valence-electron chi connectivity index (χ2n) is 5.97. The molecule has 1 saturated heterocycles. The average Bonchev–Trinajstić information content (AvgIpc) is 2.93. The first-order valence-electron chi connectivity index (χ1n) is 7.96. The SMILES string of the molecule is Cc1nc(N2CCN(c3ncnc4ccc(F)cc34)CC2)sc1C. The number of hydrogen-bond donors (Lipinski definition) is 0. The molecule has 24 heavy (non-hydrogen) atoms. The highest BCUT2D eigenvalue weighted by molar-refractivity contribution is 7.15. The maximum Gasteiger partial charge on any atom is 0.185 e. The van der Waals surface area contributed by atoms with Gasteiger partial charge in [0.25, 0.3) is 0 Å². The quantitative estimate of drug-likeness (QED) is 0.715. The molecule has 7 heteroatoms. The molecule has 4 rings (SSSR count). The fraction of sp³-hybridized carbons (Fsp3) is 0.353. The smallest absolute Gasteiger partial charge is 0.185 e. The standard InChI is InChI=1S/C17H18FN5S/c1-11-12(2)24-17(21-11)23-7-5-22(6-8-23)16-14-9-13(18)3-4-15(14)19-10-20-16/h3-4,9-10H,5-8H2,1-2H3. The lowest BCUT2D eigenvalue weighted by Crippen LogP contribution is -2.46. The van der Waals surface area contributed by atoms with Crippen LogP contribution in [0.4, 0.5) is 15.3 Å². The van der Waals surface area contributed by atoms with Crippen molar-refractivity contribution >= 4 is 33.2 Å². The lowest BCUT2D eigenvalue weighted by molar-refractivity contribution is 0.628. The van der Waals surface area contributed by atoms with Crippen LogP contribution in [0.3, 0.4) is 0 Å². The number of hydrogen-bond acceptors (Lipinski definition) is 6. The number of fused-ring (bicyclic) bond motifs is 1. The topological polar surface area (TPSA) is 45.2 Å². The van der Waals surface area contributed by atoms with E-state index in [2.05, 4.69) is 31.7 Å². The Morgan fingerprint density at radius 1 is 1.04 bits per heavy atom. The number of rotatable bonds is 2. The molecule has 1 aliphatic heterocycles. The zero-order valence-electron chi connectivity index (χ0n) is 13.7. The monoisotopic (exact) mass is 343 g/mol. The Hall–Kier alpha value is -2.28. The van der Waals surface area contributed by atoms with E-state index in [9.17, 15) is 4.39 Å². The zero-order valence-corrected chi connectivity index (χ0v) is 14.5. The number of thiazole rings is 1. The van der Waals surface area contributed by atoms with E-state index in [1.807, 2.05) is 6.92 Å². The summed E-state index contributed by atoms with van der Waals surface area (Å²) in [4.78, 5) is 19.1. The van der Waals surface area contributed by atoms with Crippen molar-refractivity contribution in [3.63, 3.8) is 0 Å². The summed E-state index contributed by atoms with van der Waals surface area (Å²) in [5.74, 6) is 0.552. The van der Waals surface area contributed by atoms with Crippen LogP contribution in [-0.4, -0.2) is 41.1 Å². The molecule has 0 atom stereocenters. The molecule has 2 aromatic heterocycles. The predicted octanol–water partition coefficient (Wildman–Crippen LogP) is 3.17. The van der Waals surface area contributed by atoms with E-state index < -0.39 is 0 Å². The highest BCUT2D eigenvalue weighted by Gasteiger charge is 2.22. The highest BCUT2D eigenvalue weighted by atomic mass is 32.1. The van der Waals surface area contributed by atoms with Gasteiger partial charge in [-0.2, -0.15) is 0 Å². The first-order chi connectivity index (χ1) is 11.6. The van der Waals surface area contributed by atoms with Crippen molar-refractivity contribution in [2.75, 3.05) is 36.0 Å². The molecule has 0 amide bonds. The third-order valence-electron chi connectivity index (χ3n) is 4.44. The largest absolute Gasteiger partial charge is 0.352 e. The molecule has 1 aromatic carbocycles. The summed E-state index contributed by atoms with van der Waals surface area (Å²) in [5, 5.41) is 1.86. The summed E-state index contributed by atoms with van der Waals surface area (Å²) < 4.78 is 13.6. The van der Waals surface area contributed by atoms with Crippen molar-refractivity contribution in [1.82, 2.24) is 15.0 Å². The summed E-state index contributed by atoms with van der Waals surface area (Å²) >= 11 is 1.74. The summed E-state index contributed by atoms with van der Waals surface area (Å²) in [6.45, 7) is 7.59. The molecule has 0 spiro atoms. The third kappa shape index (κ3) is 2.69. The third-order valence-corrected chi connectivity index (χ3v) is 5.58. The van der Waals surface area contributed by atoms with E-state index in [4.69, 9.17) is 0 Å². The van der Waals surface area contributed by atoms with Gasteiger partial charge in [0.05, 0.1) is 11.2 Å². The van der Waals surface area contributed by atoms with Crippen molar-refractivity contribution in [3.8, 4) is 0 Å². The molecule has 0 saturated carbocycles. The van der Waals surface area contributed by atoms with Crippen LogP contribution in [0.15, 0.2) is 24.5 Å². The number of piperazine rings is 1. The molecule has 3 aromatic rings. The van der Waals surface area contributed by atoms with E-state index >= 15 is 0 Å². The second kappa shape index (κ2) is 5.98. The fourth-order valence-corrected chi connectivity index (χ4v) is 3.93. The summed E-state index contributed by atoms with van der Waals surface area (Å²) in [6.07, 6.45) is 1.55. The molecule has 3 heterocycles. The van der Waals surface area contributed by atoms with Crippen LogP contribution in [0, 0.1) is 19.7 Å². The van der Waals surface area contributed by atoms with E-state index in [0.29, 0.717) is 0 Å². The van der Waals surface area contributed by atoms with Crippen molar-refractivity contribution in [2.24, 2.45) is 0 Å². The molecule has 0 N–H and O–H groups in total. The van der Waals surface area contributed by atoms with Crippen LogP contribution in [0.1, 0.15) is 10.6 Å².